The fourth-order valence-electron chi connectivity index (χ4n) is 1.69. The van der Waals surface area contributed by atoms with Crippen molar-refractivity contribution >= 4 is 23.3 Å². The molecule has 0 aliphatic heterocycles. The Morgan fingerprint density at radius 3 is 2.43 bits per heavy atom. The molecule has 0 radical (unpaired) electrons. The van der Waals surface area contributed by atoms with Gasteiger partial charge in [0.25, 0.3) is 0 Å². The zero-order chi connectivity index (χ0) is 16.2. The van der Waals surface area contributed by atoms with Crippen molar-refractivity contribution in [2.24, 2.45) is 0 Å². The molecule has 1 amide bonds. The molecule has 118 valence electrons. The summed E-state index contributed by atoms with van der Waals surface area (Å²) in [6.07, 6.45) is 0.393. The third-order valence-electron chi connectivity index (χ3n) is 2.85. The number of halogens is 1. The van der Waals surface area contributed by atoms with Crippen molar-refractivity contribution in [1.82, 2.24) is 15.3 Å². The average Bonchev–Trinajstić information content (AvgIpc) is 2.31. The van der Waals surface area contributed by atoms with E-state index in [4.69, 9.17) is 11.6 Å². The molecule has 0 aliphatic carbocycles. The second-order valence-corrected chi connectivity index (χ2v) is 6.82. The number of amides is 1. The number of carbonyl (C=O) groups excluding carboxylic acids is 1. The van der Waals surface area contributed by atoms with Crippen LogP contribution in [-0.4, -0.2) is 28.5 Å². The molecule has 0 aromatic carbocycles. The fraction of sp³-hybridized carbons (Fsp3) is 0.667. The molecule has 1 aromatic heterocycles. The van der Waals surface area contributed by atoms with Crippen molar-refractivity contribution in [2.75, 3.05) is 11.9 Å². The van der Waals surface area contributed by atoms with E-state index in [0.29, 0.717) is 29.8 Å². The summed E-state index contributed by atoms with van der Waals surface area (Å²) in [5, 5.41) is 6.48. The highest BCUT2D eigenvalue weighted by molar-refractivity contribution is 6.30. The normalized spacial score (nSPS) is 11.6. The molecule has 0 saturated heterocycles. The predicted octanol–water partition coefficient (Wildman–Crippen LogP) is 3.06. The van der Waals surface area contributed by atoms with E-state index in [1.165, 1.54) is 0 Å². The summed E-state index contributed by atoms with van der Waals surface area (Å²) in [4.78, 5) is 20.5. The zero-order valence-electron chi connectivity index (χ0n) is 13.7. The van der Waals surface area contributed by atoms with Crippen LogP contribution in [0.4, 0.5) is 5.82 Å². The van der Waals surface area contributed by atoms with Crippen LogP contribution < -0.4 is 10.6 Å². The lowest BCUT2D eigenvalue weighted by Crippen LogP contribution is -2.31. The van der Waals surface area contributed by atoms with Crippen LogP contribution in [-0.2, 0) is 10.2 Å². The molecule has 2 N–H and O–H groups in total. The lowest BCUT2D eigenvalue weighted by Gasteiger charge is -2.19. The smallest absolute Gasteiger partial charge is 0.221 e. The summed E-state index contributed by atoms with van der Waals surface area (Å²) in [5.74, 6) is 1.40. The van der Waals surface area contributed by atoms with Crippen LogP contribution >= 0.6 is 11.6 Å². The Bertz CT molecular complexity index is 509. The maximum absolute atomic E-state index is 11.6. The Labute approximate surface area is 131 Å². The van der Waals surface area contributed by atoms with E-state index in [2.05, 4.69) is 20.6 Å². The van der Waals surface area contributed by atoms with Crippen molar-refractivity contribution in [3.05, 3.63) is 16.5 Å². The largest absolute Gasteiger partial charge is 0.369 e. The number of nitrogens with zero attached hydrogens (tertiary/aromatic N) is 2. The van der Waals surface area contributed by atoms with Crippen LogP contribution in [0.25, 0.3) is 0 Å². The zero-order valence-corrected chi connectivity index (χ0v) is 14.4. The van der Waals surface area contributed by atoms with E-state index < -0.39 is 0 Å². The maximum Gasteiger partial charge on any atom is 0.221 e. The van der Waals surface area contributed by atoms with Crippen molar-refractivity contribution in [3.63, 3.8) is 0 Å². The molecule has 21 heavy (non-hydrogen) atoms. The average molecular weight is 313 g/mol. The Balaban J connectivity index is 2.75. The third-order valence-corrected chi connectivity index (χ3v) is 3.22. The number of carbonyl (C=O) groups is 1. The van der Waals surface area contributed by atoms with Gasteiger partial charge in [-0.05, 0) is 20.8 Å². The summed E-state index contributed by atoms with van der Waals surface area (Å²) >= 11 is 6.16. The highest BCUT2D eigenvalue weighted by Crippen LogP contribution is 2.25. The molecule has 1 heterocycles. The molecule has 0 fully saturated rings. The first kappa shape index (κ1) is 17.7. The summed E-state index contributed by atoms with van der Waals surface area (Å²) < 4.78 is 0. The highest BCUT2D eigenvalue weighted by Gasteiger charge is 2.20. The second kappa shape index (κ2) is 7.07. The maximum atomic E-state index is 11.6. The van der Waals surface area contributed by atoms with Crippen LogP contribution in [0, 0.1) is 6.92 Å². The lowest BCUT2D eigenvalue weighted by atomic mass is 9.95. The van der Waals surface area contributed by atoms with Gasteiger partial charge in [0, 0.05) is 30.0 Å². The Morgan fingerprint density at radius 1 is 1.29 bits per heavy atom. The molecule has 6 heteroatoms. The minimum Gasteiger partial charge on any atom is -0.369 e. The Hall–Kier alpha value is -1.36. The van der Waals surface area contributed by atoms with E-state index in [1.807, 2.05) is 41.5 Å². The predicted molar refractivity (Wildman–Crippen MR) is 86.9 cm³/mol. The van der Waals surface area contributed by atoms with Crippen LogP contribution in [0.5, 0.6) is 0 Å². The summed E-state index contributed by atoms with van der Waals surface area (Å²) in [6, 6.07) is 0.153. The van der Waals surface area contributed by atoms with Gasteiger partial charge >= 0.3 is 0 Å². The molecule has 0 atom stereocenters. The van der Waals surface area contributed by atoms with Crippen molar-refractivity contribution < 1.29 is 4.79 Å². The SMILES string of the molecule is Cc1c(Cl)nc(C(C)(C)C)nc1NCCC(=O)NC(C)C. The third kappa shape index (κ3) is 5.50. The molecular formula is C15H25ClN4O. The van der Waals surface area contributed by atoms with Gasteiger partial charge in [0.2, 0.25) is 5.91 Å². The number of rotatable bonds is 5. The number of hydrogen-bond acceptors (Lipinski definition) is 4. The van der Waals surface area contributed by atoms with Crippen molar-refractivity contribution in [2.45, 2.75) is 59.4 Å². The van der Waals surface area contributed by atoms with Crippen LogP contribution in [0.3, 0.4) is 0 Å². The minimum atomic E-state index is -0.178. The van der Waals surface area contributed by atoms with Crippen LogP contribution in [0.1, 0.15) is 52.4 Å². The number of aromatic nitrogens is 2. The standard InChI is InChI=1S/C15H25ClN4O/c1-9(2)18-11(21)7-8-17-13-10(3)12(16)19-14(20-13)15(4,5)6/h9H,7-8H2,1-6H3,(H,18,21)(H,17,19,20). The monoisotopic (exact) mass is 312 g/mol. The number of nitrogens with one attached hydrogen (secondary N) is 2. The lowest BCUT2D eigenvalue weighted by molar-refractivity contribution is -0.121. The summed E-state index contributed by atoms with van der Waals surface area (Å²) in [7, 11) is 0. The molecule has 0 saturated carbocycles. The van der Waals surface area contributed by atoms with E-state index >= 15 is 0 Å². The Morgan fingerprint density at radius 2 is 1.90 bits per heavy atom. The van der Waals surface area contributed by atoms with Gasteiger partial charge in [0.15, 0.2) is 0 Å². The van der Waals surface area contributed by atoms with E-state index in [0.717, 1.165) is 5.56 Å². The van der Waals surface area contributed by atoms with Gasteiger partial charge in [-0.25, -0.2) is 9.97 Å². The molecule has 0 bridgehead atoms. The first-order chi connectivity index (χ1) is 9.61. The molecule has 1 rings (SSSR count). The second-order valence-electron chi connectivity index (χ2n) is 6.46. The van der Waals surface area contributed by atoms with Gasteiger partial charge in [0.1, 0.15) is 16.8 Å². The first-order valence-electron chi connectivity index (χ1n) is 7.19. The molecule has 0 unspecified atom stereocenters. The van der Waals surface area contributed by atoms with Gasteiger partial charge in [-0.3, -0.25) is 4.79 Å². The summed E-state index contributed by atoms with van der Waals surface area (Å²) in [6.45, 7) is 12.4. The van der Waals surface area contributed by atoms with Gasteiger partial charge in [-0.1, -0.05) is 32.4 Å². The minimum absolute atomic E-state index is 0.0198. The van der Waals surface area contributed by atoms with Gasteiger partial charge in [0.05, 0.1) is 0 Å². The van der Waals surface area contributed by atoms with Crippen molar-refractivity contribution in [1.29, 1.82) is 0 Å². The number of hydrogen-bond donors (Lipinski definition) is 2. The Kier molecular flexibility index (Phi) is 5.96. The fourth-order valence-corrected chi connectivity index (χ4v) is 1.85. The first-order valence-corrected chi connectivity index (χ1v) is 7.57. The van der Waals surface area contributed by atoms with Crippen LogP contribution in [0.2, 0.25) is 5.15 Å². The van der Waals surface area contributed by atoms with Crippen molar-refractivity contribution in [3.8, 4) is 0 Å². The van der Waals surface area contributed by atoms with Gasteiger partial charge in [-0.2, -0.15) is 0 Å². The molecular weight excluding hydrogens is 288 g/mol. The topological polar surface area (TPSA) is 66.9 Å². The molecule has 0 aliphatic rings. The van der Waals surface area contributed by atoms with Crippen LogP contribution in [0.15, 0.2) is 0 Å². The molecule has 5 nitrogen and oxygen atoms in total. The van der Waals surface area contributed by atoms with Gasteiger partial charge in [-0.15, -0.1) is 0 Å². The van der Waals surface area contributed by atoms with E-state index in [9.17, 15) is 4.79 Å². The van der Waals surface area contributed by atoms with E-state index in [-0.39, 0.29) is 17.4 Å². The van der Waals surface area contributed by atoms with Gasteiger partial charge < -0.3 is 10.6 Å². The summed E-state index contributed by atoms with van der Waals surface area (Å²) in [5.41, 5.74) is 0.622. The quantitative estimate of drug-likeness (QED) is 0.820. The van der Waals surface area contributed by atoms with E-state index in [1.54, 1.807) is 0 Å². The number of anilines is 1. The molecule has 1 aromatic rings. The molecule has 0 spiro atoms. The highest BCUT2D eigenvalue weighted by atomic mass is 35.5.